The van der Waals surface area contributed by atoms with Crippen molar-refractivity contribution in [1.82, 2.24) is 15.1 Å². The summed E-state index contributed by atoms with van der Waals surface area (Å²) in [5.74, 6) is 0.201. The van der Waals surface area contributed by atoms with Crippen LogP contribution in [0, 0.1) is 6.92 Å². The molecule has 15 heteroatoms. The smallest absolute Gasteiger partial charge is 0.434 e. The van der Waals surface area contributed by atoms with Crippen molar-refractivity contribution in [2.24, 2.45) is 5.73 Å². The largest absolute Gasteiger partial charge is 0.507 e. The molecule has 0 aliphatic heterocycles. The minimum Gasteiger partial charge on any atom is -0.507 e. The Bertz CT molecular complexity index is 1180. The van der Waals surface area contributed by atoms with Gasteiger partial charge in [-0.15, -0.1) is 11.3 Å². The van der Waals surface area contributed by atoms with Gasteiger partial charge in [0.15, 0.2) is 16.6 Å². The summed E-state index contributed by atoms with van der Waals surface area (Å²) in [6, 6.07) is 0.663. The van der Waals surface area contributed by atoms with Gasteiger partial charge in [-0.05, 0) is 6.92 Å². The molecule has 1 atom stereocenters. The molecule has 1 aromatic carbocycles. The Morgan fingerprint density at radius 2 is 2.11 bits per heavy atom. The van der Waals surface area contributed by atoms with Crippen molar-refractivity contribution in [3.63, 3.8) is 0 Å². The van der Waals surface area contributed by atoms with Gasteiger partial charge in [0.1, 0.15) is 17.5 Å². The number of thiazole rings is 1. The number of thioether (sulfide) groups is 1. The molecule has 0 saturated heterocycles. The molecular formula is C20H22F3N5O5S2. The third-order valence-corrected chi connectivity index (χ3v) is 6.66. The lowest BCUT2D eigenvalue weighted by molar-refractivity contribution is -0.140. The van der Waals surface area contributed by atoms with Crippen molar-refractivity contribution < 1.29 is 37.1 Å². The van der Waals surface area contributed by atoms with Gasteiger partial charge >= 0.3 is 12.1 Å². The maximum atomic E-state index is 12.9. The van der Waals surface area contributed by atoms with Crippen LogP contribution in [-0.4, -0.2) is 46.2 Å². The predicted octanol–water partition coefficient (Wildman–Crippen LogP) is 3.90. The number of phenolic OH excluding ortho intramolecular Hbond substituents is 1. The van der Waals surface area contributed by atoms with E-state index >= 15 is 0 Å². The van der Waals surface area contributed by atoms with Gasteiger partial charge in [0.2, 0.25) is 5.89 Å². The van der Waals surface area contributed by atoms with Crippen LogP contribution >= 0.6 is 23.1 Å². The molecule has 0 aliphatic carbocycles. The number of aromatic nitrogens is 3. The number of benzene rings is 1. The van der Waals surface area contributed by atoms with Crippen molar-refractivity contribution in [3.05, 3.63) is 45.5 Å². The van der Waals surface area contributed by atoms with Crippen LogP contribution in [0.25, 0.3) is 0 Å². The number of anilines is 1. The molecular weight excluding hydrogens is 511 g/mol. The monoisotopic (exact) mass is 533 g/mol. The Hall–Kier alpha value is -3.04. The number of nitrogens with zero attached hydrogens (tertiary/aromatic N) is 3. The Morgan fingerprint density at radius 1 is 1.37 bits per heavy atom. The number of alkyl halides is 3. The molecule has 3 aromatic rings. The number of nitrogens with two attached hydrogens (primary N) is 1. The highest BCUT2D eigenvalue weighted by Crippen LogP contribution is 2.37. The number of hydrogen-bond acceptors (Lipinski definition) is 12. The Labute approximate surface area is 206 Å². The van der Waals surface area contributed by atoms with Gasteiger partial charge in [-0.2, -0.15) is 29.9 Å². The van der Waals surface area contributed by atoms with Gasteiger partial charge in [-0.3, -0.25) is 0 Å². The van der Waals surface area contributed by atoms with Gasteiger partial charge in [0.25, 0.3) is 0 Å². The molecule has 35 heavy (non-hydrogen) atoms. The lowest BCUT2D eigenvalue weighted by Gasteiger charge is -2.17. The van der Waals surface area contributed by atoms with Crippen molar-refractivity contribution in [2.45, 2.75) is 31.4 Å². The van der Waals surface area contributed by atoms with Crippen molar-refractivity contribution in [1.29, 1.82) is 0 Å². The summed E-state index contributed by atoms with van der Waals surface area (Å²) in [7, 11) is 2.64. The van der Waals surface area contributed by atoms with Gasteiger partial charge in [-0.1, -0.05) is 5.16 Å². The average molecular weight is 534 g/mol. The first-order valence-corrected chi connectivity index (χ1v) is 12.0. The highest BCUT2D eigenvalue weighted by molar-refractivity contribution is 7.98. The number of rotatable bonds is 10. The number of ether oxygens (including phenoxy) is 2. The summed E-state index contributed by atoms with van der Waals surface area (Å²) in [4.78, 5) is 20.1. The highest BCUT2D eigenvalue weighted by atomic mass is 32.2. The Morgan fingerprint density at radius 3 is 2.69 bits per heavy atom. The highest BCUT2D eigenvalue weighted by Gasteiger charge is 2.34. The lowest BCUT2D eigenvalue weighted by atomic mass is 10.0. The summed E-state index contributed by atoms with van der Waals surface area (Å²) in [6.07, 6.45) is -4.58. The van der Waals surface area contributed by atoms with Crippen LogP contribution in [0.5, 0.6) is 11.5 Å². The molecule has 0 fully saturated rings. The summed E-state index contributed by atoms with van der Waals surface area (Å²) in [5, 5.41) is 18.0. The molecule has 10 nitrogen and oxygen atoms in total. The second kappa shape index (κ2) is 11.1. The minimum atomic E-state index is -4.58. The standard InChI is InChI=1S/C20H22F3N5O5S2/c1-9-13(31-2)4-12(29)10(16(9)18(30)32-3)6-34-7-11(17-27-15(5-24)28-33-17)25-19-26-14(8-35-19)20(21,22)23/h4,8,11,29H,5-7,24H2,1-3H3,(H,25,26). The van der Waals surface area contributed by atoms with E-state index < -0.39 is 23.9 Å². The second-order valence-electron chi connectivity index (χ2n) is 7.07. The van der Waals surface area contributed by atoms with Crippen LogP contribution in [0.15, 0.2) is 16.0 Å². The molecule has 4 N–H and O–H groups in total. The SMILES string of the molecule is COC(=O)c1c(C)c(OC)cc(O)c1CSCC(Nc1nc(C(F)(F)F)cs1)c1nc(CN)no1. The van der Waals surface area contributed by atoms with Crippen LogP contribution in [0.4, 0.5) is 18.3 Å². The number of halogens is 3. The van der Waals surface area contributed by atoms with Crippen LogP contribution in [0.3, 0.4) is 0 Å². The zero-order valence-corrected chi connectivity index (χ0v) is 20.4. The number of carbonyl (C=O) groups is 1. The number of methoxy groups -OCH3 is 2. The minimum absolute atomic E-state index is 0.00816. The van der Waals surface area contributed by atoms with E-state index in [9.17, 15) is 23.1 Å². The molecule has 3 rings (SSSR count). The van der Waals surface area contributed by atoms with Gasteiger partial charge in [0.05, 0.1) is 26.3 Å². The number of phenols is 1. The number of aromatic hydroxyl groups is 1. The normalized spacial score (nSPS) is 12.4. The van der Waals surface area contributed by atoms with E-state index in [1.54, 1.807) is 6.92 Å². The predicted molar refractivity (Wildman–Crippen MR) is 123 cm³/mol. The second-order valence-corrected chi connectivity index (χ2v) is 8.96. The average Bonchev–Trinajstić information content (AvgIpc) is 3.49. The first-order valence-electron chi connectivity index (χ1n) is 9.96. The molecule has 0 aliphatic rings. The number of hydrogen-bond donors (Lipinski definition) is 3. The van der Waals surface area contributed by atoms with Crippen LogP contribution in [-0.2, 0) is 23.2 Å². The van der Waals surface area contributed by atoms with Crippen LogP contribution in [0.2, 0.25) is 0 Å². The third kappa shape index (κ3) is 6.15. The zero-order valence-electron chi connectivity index (χ0n) is 18.8. The van der Waals surface area contributed by atoms with E-state index in [1.807, 2.05) is 0 Å². The molecule has 0 radical (unpaired) electrons. The molecule has 0 amide bonds. The molecule has 1 unspecified atom stereocenters. The van der Waals surface area contributed by atoms with Gasteiger partial charge < -0.3 is 30.2 Å². The van der Waals surface area contributed by atoms with Gasteiger partial charge in [-0.25, -0.2) is 9.78 Å². The number of carbonyl (C=O) groups excluding carboxylic acids is 1. The molecule has 2 aromatic heterocycles. The molecule has 2 heterocycles. The topological polar surface area (TPSA) is 146 Å². The summed E-state index contributed by atoms with van der Waals surface area (Å²) in [5.41, 5.74) is 5.49. The fraction of sp³-hybridized carbons (Fsp3) is 0.400. The summed E-state index contributed by atoms with van der Waals surface area (Å²) >= 11 is 2.04. The number of nitrogens with one attached hydrogen (secondary N) is 1. The molecule has 0 saturated carbocycles. The fourth-order valence-corrected chi connectivity index (χ4v) is 4.95. The maximum absolute atomic E-state index is 12.9. The third-order valence-electron chi connectivity index (χ3n) is 4.82. The maximum Gasteiger partial charge on any atom is 0.434 e. The molecule has 190 valence electrons. The summed E-state index contributed by atoms with van der Waals surface area (Å²) in [6.45, 7) is 1.68. The lowest BCUT2D eigenvalue weighted by Crippen LogP contribution is -2.15. The molecule has 0 spiro atoms. The first-order chi connectivity index (χ1) is 16.6. The van der Waals surface area contributed by atoms with Crippen molar-refractivity contribution in [2.75, 3.05) is 25.3 Å². The van der Waals surface area contributed by atoms with Gasteiger partial charge in [0, 0.05) is 34.1 Å². The number of esters is 1. The zero-order chi connectivity index (χ0) is 25.8. The fourth-order valence-electron chi connectivity index (χ4n) is 3.10. The first kappa shape index (κ1) is 26.6. The Kier molecular flexibility index (Phi) is 8.45. The summed E-state index contributed by atoms with van der Waals surface area (Å²) < 4.78 is 54.1. The van der Waals surface area contributed by atoms with Crippen LogP contribution < -0.4 is 15.8 Å². The quantitative estimate of drug-likeness (QED) is 0.326. The Balaban J connectivity index is 1.84. The van der Waals surface area contributed by atoms with Crippen molar-refractivity contribution in [3.8, 4) is 11.5 Å². The van der Waals surface area contributed by atoms with E-state index in [4.69, 9.17) is 19.7 Å². The van der Waals surface area contributed by atoms with Crippen molar-refractivity contribution >= 4 is 34.2 Å². The molecule has 0 bridgehead atoms. The van der Waals surface area contributed by atoms with E-state index in [1.165, 1.54) is 32.0 Å². The van der Waals surface area contributed by atoms with E-state index in [0.29, 0.717) is 16.9 Å². The van der Waals surface area contributed by atoms with Crippen LogP contribution in [0.1, 0.15) is 44.9 Å². The van der Waals surface area contributed by atoms with E-state index in [-0.39, 0.29) is 46.2 Å². The van der Waals surface area contributed by atoms with E-state index in [0.717, 1.165) is 16.7 Å². The van der Waals surface area contributed by atoms with E-state index in [2.05, 4.69) is 20.4 Å².